The third-order valence-corrected chi connectivity index (χ3v) is 8.76. The average molecular weight is 489 g/mol. The van der Waals surface area contributed by atoms with Crippen molar-refractivity contribution in [1.29, 1.82) is 0 Å². The van der Waals surface area contributed by atoms with Gasteiger partial charge in [-0.15, -0.1) is 0 Å². The normalized spacial score (nSPS) is 16.1. The summed E-state index contributed by atoms with van der Waals surface area (Å²) >= 11 is 1.71. The SMILES string of the molecule is CCCCCCSc1nc2c(c(=O)n1-c1cccc(OC)c1)C1(CCCCC1)Cc1ccccc1-2. The van der Waals surface area contributed by atoms with Crippen LogP contribution in [-0.4, -0.2) is 22.4 Å². The van der Waals surface area contributed by atoms with Gasteiger partial charge in [-0.25, -0.2) is 4.98 Å². The number of fused-ring (bicyclic) bond motifs is 4. The summed E-state index contributed by atoms with van der Waals surface area (Å²) in [6, 6.07) is 16.4. The second-order valence-corrected chi connectivity index (χ2v) is 11.1. The molecule has 1 fully saturated rings. The molecule has 1 heterocycles. The fraction of sp³-hybridized carbons (Fsp3) is 0.467. The Morgan fingerprint density at radius 1 is 1.03 bits per heavy atom. The zero-order valence-corrected chi connectivity index (χ0v) is 21.8. The largest absolute Gasteiger partial charge is 0.497 e. The maximum atomic E-state index is 14.5. The number of methoxy groups -OCH3 is 1. The van der Waals surface area contributed by atoms with E-state index in [2.05, 4.69) is 31.2 Å². The molecule has 0 saturated heterocycles. The van der Waals surface area contributed by atoms with E-state index >= 15 is 0 Å². The van der Waals surface area contributed by atoms with Gasteiger partial charge in [0.25, 0.3) is 5.56 Å². The molecule has 5 rings (SSSR count). The minimum Gasteiger partial charge on any atom is -0.497 e. The Labute approximate surface area is 213 Å². The van der Waals surface area contributed by atoms with Crippen molar-refractivity contribution in [2.75, 3.05) is 12.9 Å². The van der Waals surface area contributed by atoms with Gasteiger partial charge in [0.1, 0.15) is 5.75 Å². The summed E-state index contributed by atoms with van der Waals surface area (Å²) in [5.41, 5.74) is 5.18. The fourth-order valence-corrected chi connectivity index (χ4v) is 6.96. The highest BCUT2D eigenvalue weighted by atomic mass is 32.2. The molecular formula is C30H36N2O2S. The summed E-state index contributed by atoms with van der Waals surface area (Å²) in [4.78, 5) is 19.8. The standard InChI is InChI=1S/C30H36N2O2S/c1-3-4-5-11-19-35-29-31-27-25-16-8-7-13-22(25)21-30(17-9-6-10-18-30)26(27)28(33)32(29)23-14-12-15-24(20-23)34-2/h7-8,12-16,20H,3-6,9-11,17-19,21H2,1-2H3. The van der Waals surface area contributed by atoms with Crippen molar-refractivity contribution in [2.24, 2.45) is 0 Å². The van der Waals surface area contributed by atoms with Crippen LogP contribution in [0.15, 0.2) is 58.5 Å². The van der Waals surface area contributed by atoms with E-state index in [9.17, 15) is 4.79 Å². The summed E-state index contributed by atoms with van der Waals surface area (Å²) in [7, 11) is 1.67. The maximum absolute atomic E-state index is 14.5. The van der Waals surface area contributed by atoms with Crippen LogP contribution in [0.4, 0.5) is 0 Å². The predicted molar refractivity (Wildman–Crippen MR) is 145 cm³/mol. The molecule has 1 aromatic heterocycles. The number of nitrogens with zero attached hydrogens (tertiary/aromatic N) is 2. The highest BCUT2D eigenvalue weighted by Gasteiger charge is 2.43. The molecule has 184 valence electrons. The number of benzene rings is 2. The molecule has 1 spiro atoms. The van der Waals surface area contributed by atoms with Crippen LogP contribution in [0.5, 0.6) is 5.75 Å². The molecule has 35 heavy (non-hydrogen) atoms. The van der Waals surface area contributed by atoms with Gasteiger partial charge in [0.15, 0.2) is 5.16 Å². The summed E-state index contributed by atoms with van der Waals surface area (Å²) in [5, 5.41) is 0.793. The summed E-state index contributed by atoms with van der Waals surface area (Å²) in [6.07, 6.45) is 11.5. The molecule has 2 aromatic carbocycles. The van der Waals surface area contributed by atoms with Gasteiger partial charge in [-0.1, -0.05) is 87.5 Å². The average Bonchev–Trinajstić information content (AvgIpc) is 2.89. The first-order valence-corrected chi connectivity index (χ1v) is 14.2. The lowest BCUT2D eigenvalue weighted by Gasteiger charge is -2.42. The Kier molecular flexibility index (Phi) is 7.33. The summed E-state index contributed by atoms with van der Waals surface area (Å²) < 4.78 is 7.38. The van der Waals surface area contributed by atoms with Crippen LogP contribution in [0, 0.1) is 0 Å². The number of unbranched alkanes of at least 4 members (excludes halogenated alkanes) is 3. The smallest absolute Gasteiger partial charge is 0.263 e. The molecular weight excluding hydrogens is 452 g/mol. The molecule has 0 aliphatic heterocycles. The van der Waals surface area contributed by atoms with Crippen LogP contribution in [-0.2, 0) is 11.8 Å². The Hall–Kier alpha value is -2.53. The maximum Gasteiger partial charge on any atom is 0.263 e. The number of ether oxygens (including phenoxy) is 1. The zero-order valence-electron chi connectivity index (χ0n) is 21.0. The van der Waals surface area contributed by atoms with Gasteiger partial charge in [0, 0.05) is 22.8 Å². The van der Waals surface area contributed by atoms with Crippen LogP contribution in [0.1, 0.15) is 75.8 Å². The highest BCUT2D eigenvalue weighted by molar-refractivity contribution is 7.99. The van der Waals surface area contributed by atoms with Crippen molar-refractivity contribution in [3.8, 4) is 22.7 Å². The van der Waals surface area contributed by atoms with Crippen molar-refractivity contribution < 1.29 is 4.74 Å². The van der Waals surface area contributed by atoms with Gasteiger partial charge in [-0.05, 0) is 43.4 Å². The molecule has 0 atom stereocenters. The number of aromatic nitrogens is 2. The number of hydrogen-bond acceptors (Lipinski definition) is 4. The molecule has 4 nitrogen and oxygen atoms in total. The molecule has 2 aliphatic rings. The van der Waals surface area contributed by atoms with Crippen LogP contribution in [0.25, 0.3) is 16.9 Å². The topological polar surface area (TPSA) is 44.1 Å². The van der Waals surface area contributed by atoms with E-state index in [0.717, 1.165) is 64.9 Å². The first-order valence-electron chi connectivity index (χ1n) is 13.2. The van der Waals surface area contributed by atoms with Gasteiger partial charge < -0.3 is 4.74 Å². The third-order valence-electron chi connectivity index (χ3n) is 7.74. The van der Waals surface area contributed by atoms with Crippen molar-refractivity contribution in [2.45, 2.75) is 81.7 Å². The van der Waals surface area contributed by atoms with Crippen LogP contribution < -0.4 is 10.3 Å². The highest BCUT2D eigenvalue weighted by Crippen LogP contribution is 2.49. The number of hydrogen-bond donors (Lipinski definition) is 0. The minimum atomic E-state index is -0.114. The van der Waals surface area contributed by atoms with Gasteiger partial charge in [-0.2, -0.15) is 0 Å². The summed E-state index contributed by atoms with van der Waals surface area (Å²) in [5.74, 6) is 1.71. The van der Waals surface area contributed by atoms with Gasteiger partial charge in [0.2, 0.25) is 0 Å². The predicted octanol–water partition coefficient (Wildman–Crippen LogP) is 7.34. The van der Waals surface area contributed by atoms with Crippen LogP contribution in [0.3, 0.4) is 0 Å². The lowest BCUT2D eigenvalue weighted by atomic mass is 9.62. The van der Waals surface area contributed by atoms with Gasteiger partial charge in [0.05, 0.1) is 24.1 Å². The first-order chi connectivity index (χ1) is 17.2. The Morgan fingerprint density at radius 2 is 1.86 bits per heavy atom. The van der Waals surface area contributed by atoms with Crippen molar-refractivity contribution in [3.05, 3.63) is 70.0 Å². The van der Waals surface area contributed by atoms with Crippen LogP contribution >= 0.6 is 11.8 Å². The molecule has 0 amide bonds. The Morgan fingerprint density at radius 3 is 2.66 bits per heavy atom. The van der Waals surface area contributed by atoms with E-state index < -0.39 is 0 Å². The van der Waals surface area contributed by atoms with E-state index in [1.54, 1.807) is 18.9 Å². The molecule has 2 aliphatic carbocycles. The second kappa shape index (κ2) is 10.6. The molecule has 3 aromatic rings. The second-order valence-electron chi connectivity index (χ2n) is 10.0. The molecule has 5 heteroatoms. The zero-order chi connectivity index (χ0) is 24.3. The molecule has 0 unspecified atom stereocenters. The first kappa shape index (κ1) is 24.2. The quantitative estimate of drug-likeness (QED) is 0.189. The van der Waals surface area contributed by atoms with Crippen LogP contribution in [0.2, 0.25) is 0 Å². The van der Waals surface area contributed by atoms with E-state index in [1.165, 1.54) is 44.1 Å². The molecule has 0 N–H and O–H groups in total. The molecule has 1 saturated carbocycles. The van der Waals surface area contributed by atoms with Crippen molar-refractivity contribution in [1.82, 2.24) is 9.55 Å². The number of thioether (sulfide) groups is 1. The third kappa shape index (κ3) is 4.67. The van der Waals surface area contributed by atoms with E-state index in [4.69, 9.17) is 9.72 Å². The van der Waals surface area contributed by atoms with Gasteiger partial charge in [-0.3, -0.25) is 9.36 Å². The monoisotopic (exact) mass is 488 g/mol. The lowest BCUT2D eigenvalue weighted by molar-refractivity contribution is 0.283. The Balaban J connectivity index is 1.70. The van der Waals surface area contributed by atoms with Crippen molar-refractivity contribution >= 4 is 11.8 Å². The fourth-order valence-electron chi connectivity index (χ4n) is 5.95. The molecule has 0 radical (unpaired) electrons. The van der Waals surface area contributed by atoms with E-state index in [0.29, 0.717) is 0 Å². The Bertz CT molecular complexity index is 1240. The van der Waals surface area contributed by atoms with E-state index in [-0.39, 0.29) is 11.0 Å². The van der Waals surface area contributed by atoms with Gasteiger partial charge >= 0.3 is 0 Å². The lowest BCUT2D eigenvalue weighted by Crippen LogP contribution is -2.42. The van der Waals surface area contributed by atoms with Crippen molar-refractivity contribution in [3.63, 3.8) is 0 Å². The number of rotatable bonds is 8. The minimum absolute atomic E-state index is 0.107. The molecule has 0 bridgehead atoms. The van der Waals surface area contributed by atoms with E-state index in [1.807, 2.05) is 28.8 Å². The summed E-state index contributed by atoms with van der Waals surface area (Å²) in [6.45, 7) is 2.23.